The highest BCUT2D eigenvalue weighted by molar-refractivity contribution is 6.13. The number of carbonyl (C=O) groups excluding carboxylic acids is 4. The average molecular weight is 529 g/mol. The SMILES string of the molecule is CCOC(=O)C1=C(C(=O)OCC)[C@@H]2C(=O)N3C(=Cc4c(OC)ccc(OC)c4[C@@H]3C)[C@H]1N2C(=O)OC(C)C. The third-order valence-electron chi connectivity index (χ3n) is 6.71. The molecule has 204 valence electrons. The molecule has 0 radical (unpaired) electrons. The maximum Gasteiger partial charge on any atom is 0.411 e. The van der Waals surface area contributed by atoms with Crippen LogP contribution < -0.4 is 9.47 Å². The van der Waals surface area contributed by atoms with Crippen LogP contribution in [0.3, 0.4) is 0 Å². The van der Waals surface area contributed by atoms with Gasteiger partial charge in [-0.1, -0.05) is 0 Å². The molecule has 3 aliphatic rings. The summed E-state index contributed by atoms with van der Waals surface area (Å²) in [4.78, 5) is 56.9. The third-order valence-corrected chi connectivity index (χ3v) is 6.71. The summed E-state index contributed by atoms with van der Waals surface area (Å²) in [7, 11) is 3.04. The van der Waals surface area contributed by atoms with Crippen LogP contribution in [-0.4, -0.2) is 79.4 Å². The van der Waals surface area contributed by atoms with Gasteiger partial charge in [-0.15, -0.1) is 0 Å². The largest absolute Gasteiger partial charge is 0.496 e. The molecule has 11 heteroatoms. The molecule has 2 amide bonds. The number of benzene rings is 1. The molecule has 0 unspecified atom stereocenters. The van der Waals surface area contributed by atoms with Crippen LogP contribution in [0.4, 0.5) is 4.79 Å². The van der Waals surface area contributed by atoms with Gasteiger partial charge in [0.25, 0.3) is 5.91 Å². The highest BCUT2D eigenvalue weighted by Gasteiger charge is 2.61. The molecule has 4 rings (SSSR count). The minimum Gasteiger partial charge on any atom is -0.496 e. The number of nitrogens with zero attached hydrogens (tertiary/aromatic N) is 2. The molecule has 0 aromatic heterocycles. The van der Waals surface area contributed by atoms with E-state index < -0.39 is 48.2 Å². The van der Waals surface area contributed by atoms with Gasteiger partial charge in [0.15, 0.2) is 0 Å². The fourth-order valence-electron chi connectivity index (χ4n) is 5.35. The summed E-state index contributed by atoms with van der Waals surface area (Å²) in [6, 6.07) is 0.308. The lowest BCUT2D eigenvalue weighted by atomic mass is 9.88. The molecular formula is C27H32N2O9. The lowest BCUT2D eigenvalue weighted by Gasteiger charge is -2.47. The summed E-state index contributed by atoms with van der Waals surface area (Å²) in [5.41, 5.74) is 1.27. The Kier molecular flexibility index (Phi) is 7.39. The summed E-state index contributed by atoms with van der Waals surface area (Å²) in [5.74, 6) is -1.24. The zero-order valence-corrected chi connectivity index (χ0v) is 22.5. The lowest BCUT2D eigenvalue weighted by Crippen LogP contribution is -2.61. The summed E-state index contributed by atoms with van der Waals surface area (Å²) in [5, 5.41) is 0. The van der Waals surface area contributed by atoms with Gasteiger partial charge in [0, 0.05) is 16.8 Å². The number of esters is 2. The Morgan fingerprint density at radius 2 is 1.47 bits per heavy atom. The smallest absolute Gasteiger partial charge is 0.411 e. The monoisotopic (exact) mass is 528 g/mol. The highest BCUT2D eigenvalue weighted by atomic mass is 16.6. The van der Waals surface area contributed by atoms with Gasteiger partial charge in [-0.2, -0.15) is 0 Å². The summed E-state index contributed by atoms with van der Waals surface area (Å²) >= 11 is 0. The number of fused-ring (bicyclic) bond motifs is 5. The van der Waals surface area contributed by atoms with E-state index in [1.807, 2.05) is 0 Å². The summed E-state index contributed by atoms with van der Waals surface area (Å²) in [6.07, 6.45) is 0.316. The first-order valence-electron chi connectivity index (χ1n) is 12.5. The molecule has 1 aromatic carbocycles. The van der Waals surface area contributed by atoms with E-state index in [1.165, 1.54) is 19.1 Å². The molecule has 0 saturated carbocycles. The summed E-state index contributed by atoms with van der Waals surface area (Å²) in [6.45, 7) is 8.40. The number of rotatable bonds is 7. The van der Waals surface area contributed by atoms with Crippen molar-refractivity contribution >= 4 is 30.0 Å². The van der Waals surface area contributed by atoms with E-state index >= 15 is 0 Å². The molecule has 2 bridgehead atoms. The average Bonchev–Trinajstić information content (AvgIpc) is 3.18. The fraction of sp³-hybridized carbons (Fsp3) is 0.481. The molecule has 3 atom stereocenters. The first-order chi connectivity index (χ1) is 18.1. The molecule has 1 aromatic rings. The van der Waals surface area contributed by atoms with Crippen LogP contribution in [-0.2, 0) is 28.6 Å². The van der Waals surface area contributed by atoms with Crippen LogP contribution in [0.5, 0.6) is 11.5 Å². The Bertz CT molecular complexity index is 1250. The topological polar surface area (TPSA) is 121 Å². The Hall–Kier alpha value is -4.02. The minimum absolute atomic E-state index is 0.00308. The van der Waals surface area contributed by atoms with Crippen LogP contribution in [0.2, 0.25) is 0 Å². The van der Waals surface area contributed by atoms with Gasteiger partial charge in [-0.3, -0.25) is 9.69 Å². The van der Waals surface area contributed by atoms with Crippen molar-refractivity contribution in [1.29, 1.82) is 0 Å². The van der Waals surface area contributed by atoms with Gasteiger partial charge in [0.05, 0.1) is 50.7 Å². The normalized spacial score (nSPS) is 21.5. The van der Waals surface area contributed by atoms with Gasteiger partial charge in [-0.25, -0.2) is 14.4 Å². The Morgan fingerprint density at radius 3 is 2.00 bits per heavy atom. The summed E-state index contributed by atoms with van der Waals surface area (Å²) < 4.78 is 27.2. The van der Waals surface area contributed by atoms with E-state index in [0.717, 1.165) is 4.90 Å². The van der Waals surface area contributed by atoms with Crippen molar-refractivity contribution in [2.75, 3.05) is 27.4 Å². The Morgan fingerprint density at radius 1 is 0.921 bits per heavy atom. The van der Waals surface area contributed by atoms with Crippen LogP contribution >= 0.6 is 0 Å². The number of hydrogen-bond acceptors (Lipinski definition) is 9. The Balaban J connectivity index is 2.04. The Labute approximate surface area is 220 Å². The fourth-order valence-corrected chi connectivity index (χ4v) is 5.35. The van der Waals surface area contributed by atoms with Crippen LogP contribution in [0.25, 0.3) is 6.08 Å². The molecule has 3 heterocycles. The van der Waals surface area contributed by atoms with E-state index in [4.69, 9.17) is 23.7 Å². The van der Waals surface area contributed by atoms with E-state index in [0.29, 0.717) is 28.3 Å². The van der Waals surface area contributed by atoms with E-state index in [-0.39, 0.29) is 24.4 Å². The quantitative estimate of drug-likeness (QED) is 0.388. The molecule has 3 aliphatic heterocycles. The lowest BCUT2D eigenvalue weighted by molar-refractivity contribution is -0.144. The maximum absolute atomic E-state index is 14.2. The first-order valence-corrected chi connectivity index (χ1v) is 12.5. The zero-order valence-electron chi connectivity index (χ0n) is 22.5. The van der Waals surface area contributed by atoms with Crippen LogP contribution in [0.15, 0.2) is 29.0 Å². The van der Waals surface area contributed by atoms with Gasteiger partial charge in [-0.05, 0) is 52.8 Å². The predicted molar refractivity (Wildman–Crippen MR) is 134 cm³/mol. The van der Waals surface area contributed by atoms with Crippen molar-refractivity contribution in [3.05, 3.63) is 40.1 Å². The molecule has 38 heavy (non-hydrogen) atoms. The molecule has 0 spiro atoms. The van der Waals surface area contributed by atoms with Crippen LogP contribution in [0, 0.1) is 0 Å². The number of piperazine rings is 1. The van der Waals surface area contributed by atoms with Crippen molar-refractivity contribution in [2.24, 2.45) is 0 Å². The standard InChI is InChI=1S/C27H32N2O9/c1-8-36-25(31)20-21(26(32)37-9-2)23-24(30)28-14(5)19-15(17(34-6)10-11-18(19)35-7)12-16(28)22(20)29(23)27(33)38-13(3)4/h10-14,22-23H,8-9H2,1-7H3/t14-,22+,23+/m0/s1. The van der Waals surface area contributed by atoms with Gasteiger partial charge < -0.3 is 28.6 Å². The molecule has 1 saturated heterocycles. The zero-order chi connectivity index (χ0) is 27.9. The van der Waals surface area contributed by atoms with Crippen molar-refractivity contribution in [1.82, 2.24) is 9.80 Å². The molecule has 11 nitrogen and oxygen atoms in total. The van der Waals surface area contributed by atoms with Crippen molar-refractivity contribution in [3.63, 3.8) is 0 Å². The van der Waals surface area contributed by atoms with E-state index in [9.17, 15) is 19.2 Å². The first kappa shape index (κ1) is 27.0. The minimum atomic E-state index is -1.44. The molecular weight excluding hydrogens is 496 g/mol. The van der Waals surface area contributed by atoms with Crippen molar-refractivity contribution in [3.8, 4) is 11.5 Å². The molecule has 0 N–H and O–H groups in total. The van der Waals surface area contributed by atoms with E-state index in [1.54, 1.807) is 52.8 Å². The van der Waals surface area contributed by atoms with Crippen LogP contribution in [0.1, 0.15) is 51.8 Å². The number of amides is 2. The third kappa shape index (κ3) is 4.06. The van der Waals surface area contributed by atoms with Crippen molar-refractivity contribution < 1.29 is 42.9 Å². The number of methoxy groups -OCH3 is 2. The van der Waals surface area contributed by atoms with Gasteiger partial charge >= 0.3 is 18.0 Å². The number of carbonyl (C=O) groups is 4. The predicted octanol–water partition coefficient (Wildman–Crippen LogP) is 2.98. The second kappa shape index (κ2) is 10.4. The second-order valence-electron chi connectivity index (χ2n) is 9.16. The van der Waals surface area contributed by atoms with Crippen molar-refractivity contribution in [2.45, 2.75) is 58.8 Å². The van der Waals surface area contributed by atoms with Gasteiger partial charge in [0.1, 0.15) is 23.6 Å². The second-order valence-corrected chi connectivity index (χ2v) is 9.16. The maximum atomic E-state index is 14.2. The van der Waals surface area contributed by atoms with Gasteiger partial charge in [0.2, 0.25) is 0 Å². The highest BCUT2D eigenvalue weighted by Crippen LogP contribution is 2.51. The number of hydrogen-bond donors (Lipinski definition) is 0. The number of ether oxygens (including phenoxy) is 5. The molecule has 1 fully saturated rings. The van der Waals surface area contributed by atoms with E-state index in [2.05, 4.69) is 0 Å². The molecule has 0 aliphatic carbocycles.